The highest BCUT2D eigenvalue weighted by molar-refractivity contribution is 6.05. The first-order valence-electron chi connectivity index (χ1n) is 7.41. The van der Waals surface area contributed by atoms with Crippen LogP contribution in [-0.2, 0) is 0 Å². The van der Waals surface area contributed by atoms with E-state index in [1.807, 2.05) is 52.0 Å². The summed E-state index contributed by atoms with van der Waals surface area (Å²) < 4.78 is 0. The van der Waals surface area contributed by atoms with E-state index in [0.717, 1.165) is 5.56 Å². The van der Waals surface area contributed by atoms with Crippen LogP contribution in [0.15, 0.2) is 42.6 Å². The van der Waals surface area contributed by atoms with Gasteiger partial charge in [-0.1, -0.05) is 17.7 Å². The van der Waals surface area contributed by atoms with Gasteiger partial charge in [0, 0.05) is 23.0 Å². The van der Waals surface area contributed by atoms with Gasteiger partial charge in [-0.3, -0.25) is 14.6 Å². The third-order valence-electron chi connectivity index (χ3n) is 3.05. The van der Waals surface area contributed by atoms with Gasteiger partial charge in [0.2, 0.25) is 0 Å². The second-order valence-corrected chi connectivity index (χ2v) is 6.45. The predicted octanol–water partition coefficient (Wildman–Crippen LogP) is 3.17. The minimum absolute atomic E-state index is 0.219. The maximum absolute atomic E-state index is 12.3. The van der Waals surface area contributed by atoms with E-state index < -0.39 is 0 Å². The van der Waals surface area contributed by atoms with Gasteiger partial charge in [-0.25, -0.2) is 0 Å². The molecule has 0 saturated carbocycles. The number of carbonyl (C=O) groups is 2. The third kappa shape index (κ3) is 4.92. The number of nitrogens with one attached hydrogen (secondary N) is 2. The SMILES string of the molecule is Cc1ccc(NC(=O)c2ccnc(C(=O)NC(C)(C)C)c2)cc1. The molecule has 2 N–H and O–H groups in total. The van der Waals surface area contributed by atoms with E-state index in [-0.39, 0.29) is 23.0 Å². The molecule has 5 nitrogen and oxygen atoms in total. The van der Waals surface area contributed by atoms with Crippen LogP contribution in [-0.4, -0.2) is 22.3 Å². The predicted molar refractivity (Wildman–Crippen MR) is 90.6 cm³/mol. The Balaban J connectivity index is 2.14. The van der Waals surface area contributed by atoms with Gasteiger partial charge in [-0.15, -0.1) is 0 Å². The van der Waals surface area contributed by atoms with E-state index in [4.69, 9.17) is 0 Å². The van der Waals surface area contributed by atoms with Crippen molar-refractivity contribution in [3.8, 4) is 0 Å². The van der Waals surface area contributed by atoms with Gasteiger partial charge < -0.3 is 10.6 Å². The molecule has 120 valence electrons. The van der Waals surface area contributed by atoms with Gasteiger partial charge in [-0.2, -0.15) is 0 Å². The Bertz CT molecular complexity index is 716. The van der Waals surface area contributed by atoms with Crippen LogP contribution in [0.3, 0.4) is 0 Å². The molecule has 0 atom stereocenters. The van der Waals surface area contributed by atoms with Crippen LogP contribution in [0.25, 0.3) is 0 Å². The first-order valence-corrected chi connectivity index (χ1v) is 7.41. The molecule has 0 unspecified atom stereocenters. The molecule has 0 radical (unpaired) electrons. The zero-order valence-electron chi connectivity index (χ0n) is 13.8. The third-order valence-corrected chi connectivity index (χ3v) is 3.05. The van der Waals surface area contributed by atoms with Gasteiger partial charge in [-0.05, 0) is 52.0 Å². The van der Waals surface area contributed by atoms with Crippen molar-refractivity contribution in [2.45, 2.75) is 33.2 Å². The average Bonchev–Trinajstić information content (AvgIpc) is 2.48. The number of aromatic nitrogens is 1. The van der Waals surface area contributed by atoms with Crippen molar-refractivity contribution < 1.29 is 9.59 Å². The smallest absolute Gasteiger partial charge is 0.270 e. The zero-order valence-corrected chi connectivity index (χ0v) is 13.8. The summed E-state index contributed by atoms with van der Waals surface area (Å²) in [5.41, 5.74) is 2.07. The molecule has 0 fully saturated rings. The molecule has 5 heteroatoms. The fraction of sp³-hybridized carbons (Fsp3) is 0.278. The summed E-state index contributed by atoms with van der Waals surface area (Å²) in [6.07, 6.45) is 1.46. The van der Waals surface area contributed by atoms with E-state index in [1.165, 1.54) is 12.3 Å². The molecule has 23 heavy (non-hydrogen) atoms. The number of aryl methyl sites for hydroxylation is 1. The average molecular weight is 311 g/mol. The molecular formula is C18H21N3O2. The number of benzene rings is 1. The molecule has 2 amide bonds. The van der Waals surface area contributed by atoms with Gasteiger partial charge in [0.1, 0.15) is 5.69 Å². The molecule has 1 heterocycles. The van der Waals surface area contributed by atoms with E-state index in [2.05, 4.69) is 15.6 Å². The van der Waals surface area contributed by atoms with E-state index in [0.29, 0.717) is 11.3 Å². The second-order valence-electron chi connectivity index (χ2n) is 6.45. The van der Waals surface area contributed by atoms with Gasteiger partial charge in [0.15, 0.2) is 0 Å². The zero-order chi connectivity index (χ0) is 17.0. The summed E-state index contributed by atoms with van der Waals surface area (Å²) in [7, 11) is 0. The largest absolute Gasteiger partial charge is 0.346 e. The van der Waals surface area contributed by atoms with Crippen molar-refractivity contribution in [3.05, 3.63) is 59.4 Å². The summed E-state index contributed by atoms with van der Waals surface area (Å²) >= 11 is 0. The molecule has 0 aliphatic rings. The number of amides is 2. The normalized spacial score (nSPS) is 11.0. The van der Waals surface area contributed by atoms with Crippen LogP contribution < -0.4 is 10.6 Å². The maximum Gasteiger partial charge on any atom is 0.270 e. The quantitative estimate of drug-likeness (QED) is 0.914. The standard InChI is InChI=1S/C18H21N3O2/c1-12-5-7-14(8-6-12)20-16(22)13-9-10-19-15(11-13)17(23)21-18(2,3)4/h5-11H,1-4H3,(H,20,22)(H,21,23). The molecule has 1 aromatic carbocycles. The monoisotopic (exact) mass is 311 g/mol. The van der Waals surface area contributed by atoms with Crippen molar-refractivity contribution in [1.82, 2.24) is 10.3 Å². The lowest BCUT2D eigenvalue weighted by Gasteiger charge is -2.20. The summed E-state index contributed by atoms with van der Waals surface area (Å²) in [4.78, 5) is 28.4. The Morgan fingerprint density at radius 3 is 2.26 bits per heavy atom. The van der Waals surface area contributed by atoms with Gasteiger partial charge in [0.05, 0.1) is 0 Å². The Labute approximate surface area is 136 Å². The Morgan fingerprint density at radius 1 is 1.00 bits per heavy atom. The van der Waals surface area contributed by atoms with Crippen LogP contribution >= 0.6 is 0 Å². The minimum Gasteiger partial charge on any atom is -0.346 e. The van der Waals surface area contributed by atoms with Crippen LogP contribution in [0, 0.1) is 6.92 Å². The highest BCUT2D eigenvalue weighted by Gasteiger charge is 2.17. The number of carbonyl (C=O) groups excluding carboxylic acids is 2. The Kier molecular flexibility index (Phi) is 4.79. The molecular weight excluding hydrogens is 290 g/mol. The van der Waals surface area contributed by atoms with Crippen LogP contribution in [0.5, 0.6) is 0 Å². The van der Waals surface area contributed by atoms with Crippen molar-refractivity contribution in [2.75, 3.05) is 5.32 Å². The van der Waals surface area contributed by atoms with Crippen LogP contribution in [0.1, 0.15) is 47.2 Å². The van der Waals surface area contributed by atoms with Crippen molar-refractivity contribution in [3.63, 3.8) is 0 Å². The highest BCUT2D eigenvalue weighted by Crippen LogP contribution is 2.11. The maximum atomic E-state index is 12.3. The fourth-order valence-electron chi connectivity index (χ4n) is 1.94. The van der Waals surface area contributed by atoms with E-state index in [9.17, 15) is 9.59 Å². The first kappa shape index (κ1) is 16.7. The first-order chi connectivity index (χ1) is 10.7. The number of hydrogen-bond acceptors (Lipinski definition) is 3. The summed E-state index contributed by atoms with van der Waals surface area (Å²) in [5.74, 6) is -0.580. The molecule has 0 spiro atoms. The molecule has 2 rings (SSSR count). The van der Waals surface area contributed by atoms with Crippen molar-refractivity contribution >= 4 is 17.5 Å². The summed E-state index contributed by atoms with van der Waals surface area (Å²) in [6, 6.07) is 10.6. The van der Waals surface area contributed by atoms with E-state index >= 15 is 0 Å². The topological polar surface area (TPSA) is 71.1 Å². The molecule has 0 aliphatic carbocycles. The fourth-order valence-corrected chi connectivity index (χ4v) is 1.94. The summed E-state index contributed by atoms with van der Waals surface area (Å²) in [6.45, 7) is 7.64. The molecule has 2 aromatic rings. The number of pyridine rings is 1. The molecule has 1 aromatic heterocycles. The lowest BCUT2D eigenvalue weighted by molar-refractivity contribution is 0.0914. The van der Waals surface area contributed by atoms with Crippen LogP contribution in [0.4, 0.5) is 5.69 Å². The van der Waals surface area contributed by atoms with Gasteiger partial charge >= 0.3 is 0 Å². The lowest BCUT2D eigenvalue weighted by Crippen LogP contribution is -2.41. The second kappa shape index (κ2) is 6.60. The van der Waals surface area contributed by atoms with Crippen LogP contribution in [0.2, 0.25) is 0 Å². The molecule has 0 aliphatic heterocycles. The summed E-state index contributed by atoms with van der Waals surface area (Å²) in [5, 5.41) is 5.63. The Morgan fingerprint density at radius 2 is 1.65 bits per heavy atom. The Hall–Kier alpha value is -2.69. The highest BCUT2D eigenvalue weighted by atomic mass is 16.2. The number of rotatable bonds is 3. The number of nitrogens with zero attached hydrogens (tertiary/aromatic N) is 1. The van der Waals surface area contributed by atoms with Gasteiger partial charge in [0.25, 0.3) is 11.8 Å². The van der Waals surface area contributed by atoms with E-state index in [1.54, 1.807) is 6.07 Å². The number of anilines is 1. The lowest BCUT2D eigenvalue weighted by atomic mass is 10.1. The van der Waals surface area contributed by atoms with Crippen molar-refractivity contribution in [1.29, 1.82) is 0 Å². The minimum atomic E-state index is -0.362. The molecule has 0 bridgehead atoms. The molecule has 0 saturated heterocycles. The number of hydrogen-bond donors (Lipinski definition) is 2. The van der Waals surface area contributed by atoms with Crippen molar-refractivity contribution in [2.24, 2.45) is 0 Å².